The first-order valence-electron chi connectivity index (χ1n) is 6.10. The van der Waals surface area contributed by atoms with Crippen molar-refractivity contribution >= 4 is 22.6 Å². The fourth-order valence-electron chi connectivity index (χ4n) is 2.13. The molecule has 0 amide bonds. The number of hydrogen-bond acceptors (Lipinski definition) is 3. The van der Waals surface area contributed by atoms with Crippen LogP contribution in [0.15, 0.2) is 42.5 Å². The Morgan fingerprint density at radius 1 is 1.05 bits per heavy atom. The van der Waals surface area contributed by atoms with Gasteiger partial charge in [-0.2, -0.15) is 4.73 Å². The third kappa shape index (κ3) is 2.08. The monoisotopic (exact) mass is 288 g/mol. The smallest absolute Gasteiger partial charge is 0.176 e. The number of rotatable bonds is 3. The standard InChI is InChI=1S/C15H13ClN2O2/c1-19-12-6-3-10(4-7-12)15-17-13-8-5-11(16)9-14(13)18(15)20-2/h3-9H,1-2H3. The topological polar surface area (TPSA) is 36.3 Å². The lowest BCUT2D eigenvalue weighted by atomic mass is 10.2. The second-order valence-electron chi connectivity index (χ2n) is 4.27. The number of hydrogen-bond donors (Lipinski definition) is 0. The highest BCUT2D eigenvalue weighted by Gasteiger charge is 2.13. The molecule has 1 heterocycles. The van der Waals surface area contributed by atoms with Crippen LogP contribution < -0.4 is 9.57 Å². The molecule has 5 heteroatoms. The van der Waals surface area contributed by atoms with E-state index in [1.165, 1.54) is 0 Å². The molecule has 1 aromatic heterocycles. The first-order chi connectivity index (χ1) is 9.72. The van der Waals surface area contributed by atoms with Crippen LogP contribution >= 0.6 is 11.6 Å². The zero-order valence-corrected chi connectivity index (χ0v) is 11.9. The maximum Gasteiger partial charge on any atom is 0.176 e. The average Bonchev–Trinajstić information content (AvgIpc) is 2.85. The molecule has 20 heavy (non-hydrogen) atoms. The van der Waals surface area contributed by atoms with Crippen LogP contribution in [0.25, 0.3) is 22.4 Å². The summed E-state index contributed by atoms with van der Waals surface area (Å²) in [6, 6.07) is 13.2. The van der Waals surface area contributed by atoms with Crippen molar-refractivity contribution in [1.82, 2.24) is 9.71 Å². The van der Waals surface area contributed by atoms with E-state index in [9.17, 15) is 0 Å². The lowest BCUT2D eigenvalue weighted by Crippen LogP contribution is -2.07. The van der Waals surface area contributed by atoms with Crippen LogP contribution in [-0.4, -0.2) is 23.9 Å². The van der Waals surface area contributed by atoms with Gasteiger partial charge in [0.2, 0.25) is 0 Å². The molecule has 0 aliphatic heterocycles. The molecule has 0 aliphatic rings. The quantitative estimate of drug-likeness (QED) is 0.741. The van der Waals surface area contributed by atoms with E-state index in [1.54, 1.807) is 19.0 Å². The van der Waals surface area contributed by atoms with Gasteiger partial charge in [-0.15, -0.1) is 0 Å². The van der Waals surface area contributed by atoms with Crippen molar-refractivity contribution in [2.75, 3.05) is 14.2 Å². The molecule has 0 radical (unpaired) electrons. The summed E-state index contributed by atoms with van der Waals surface area (Å²) in [4.78, 5) is 10.0. The molecule has 0 saturated heterocycles. The predicted molar refractivity (Wildman–Crippen MR) is 79.2 cm³/mol. The van der Waals surface area contributed by atoms with Gasteiger partial charge < -0.3 is 9.57 Å². The van der Waals surface area contributed by atoms with Gasteiger partial charge in [0.25, 0.3) is 0 Å². The van der Waals surface area contributed by atoms with Crippen molar-refractivity contribution in [2.45, 2.75) is 0 Å². The normalized spacial score (nSPS) is 10.8. The van der Waals surface area contributed by atoms with E-state index < -0.39 is 0 Å². The number of fused-ring (bicyclic) bond motifs is 1. The number of imidazole rings is 1. The van der Waals surface area contributed by atoms with Crippen molar-refractivity contribution in [3.63, 3.8) is 0 Å². The number of methoxy groups -OCH3 is 1. The van der Waals surface area contributed by atoms with Crippen LogP contribution in [-0.2, 0) is 0 Å². The van der Waals surface area contributed by atoms with Gasteiger partial charge in [0.1, 0.15) is 18.4 Å². The van der Waals surface area contributed by atoms with E-state index in [1.807, 2.05) is 42.5 Å². The lowest BCUT2D eigenvalue weighted by molar-refractivity contribution is 0.182. The molecular weight excluding hydrogens is 276 g/mol. The Labute approximate surface area is 121 Å². The van der Waals surface area contributed by atoms with Gasteiger partial charge in [-0.25, -0.2) is 4.98 Å². The summed E-state index contributed by atoms with van der Waals surface area (Å²) in [5, 5.41) is 0.650. The Kier molecular flexibility index (Phi) is 3.24. The Morgan fingerprint density at radius 3 is 2.45 bits per heavy atom. The summed E-state index contributed by atoms with van der Waals surface area (Å²) in [5.41, 5.74) is 2.62. The van der Waals surface area contributed by atoms with E-state index in [4.69, 9.17) is 21.2 Å². The number of benzene rings is 2. The summed E-state index contributed by atoms with van der Waals surface area (Å²) in [6.07, 6.45) is 0. The fourth-order valence-corrected chi connectivity index (χ4v) is 2.30. The first kappa shape index (κ1) is 12.8. The molecule has 0 aliphatic carbocycles. The summed E-state index contributed by atoms with van der Waals surface area (Å²) in [6.45, 7) is 0. The largest absolute Gasteiger partial charge is 0.497 e. The van der Waals surface area contributed by atoms with Crippen LogP contribution in [0.4, 0.5) is 0 Å². The molecule has 4 nitrogen and oxygen atoms in total. The highest BCUT2D eigenvalue weighted by atomic mass is 35.5. The molecular formula is C15H13ClN2O2. The zero-order chi connectivity index (χ0) is 14.1. The minimum Gasteiger partial charge on any atom is -0.497 e. The van der Waals surface area contributed by atoms with Crippen LogP contribution in [0, 0.1) is 0 Å². The van der Waals surface area contributed by atoms with Gasteiger partial charge in [-0.1, -0.05) is 11.6 Å². The van der Waals surface area contributed by atoms with Crippen LogP contribution in [0.1, 0.15) is 0 Å². The highest BCUT2D eigenvalue weighted by Crippen LogP contribution is 2.27. The molecule has 0 N–H and O–H groups in total. The molecule has 2 aromatic carbocycles. The van der Waals surface area contributed by atoms with E-state index in [0.29, 0.717) is 5.02 Å². The van der Waals surface area contributed by atoms with Gasteiger partial charge in [-0.3, -0.25) is 0 Å². The Morgan fingerprint density at radius 2 is 1.80 bits per heavy atom. The molecule has 0 bridgehead atoms. The second-order valence-corrected chi connectivity index (χ2v) is 4.71. The van der Waals surface area contributed by atoms with Crippen molar-refractivity contribution in [1.29, 1.82) is 0 Å². The predicted octanol–water partition coefficient (Wildman–Crippen LogP) is 3.42. The number of aromatic nitrogens is 2. The van der Waals surface area contributed by atoms with Crippen molar-refractivity contribution in [3.8, 4) is 17.1 Å². The summed E-state index contributed by atoms with van der Waals surface area (Å²) < 4.78 is 6.83. The third-order valence-corrected chi connectivity index (χ3v) is 3.34. The molecule has 0 atom stereocenters. The first-order valence-corrected chi connectivity index (χ1v) is 6.47. The average molecular weight is 289 g/mol. The van der Waals surface area contributed by atoms with E-state index in [0.717, 1.165) is 28.2 Å². The number of nitrogens with zero attached hydrogens (tertiary/aromatic N) is 2. The summed E-state index contributed by atoms with van der Waals surface area (Å²) in [5.74, 6) is 1.53. The summed E-state index contributed by atoms with van der Waals surface area (Å²) in [7, 11) is 3.25. The second kappa shape index (κ2) is 5.06. The summed E-state index contributed by atoms with van der Waals surface area (Å²) >= 11 is 6.03. The molecule has 0 fully saturated rings. The molecule has 0 spiro atoms. The molecule has 3 aromatic rings. The van der Waals surface area contributed by atoms with Gasteiger partial charge in [0.05, 0.1) is 12.6 Å². The van der Waals surface area contributed by atoms with Crippen LogP contribution in [0.2, 0.25) is 5.02 Å². The van der Waals surface area contributed by atoms with Crippen molar-refractivity contribution in [3.05, 3.63) is 47.5 Å². The Hall–Kier alpha value is -2.20. The Balaban J connectivity index is 2.19. The zero-order valence-electron chi connectivity index (χ0n) is 11.1. The molecule has 0 unspecified atom stereocenters. The van der Waals surface area contributed by atoms with E-state index in [-0.39, 0.29) is 0 Å². The fraction of sp³-hybridized carbons (Fsp3) is 0.133. The van der Waals surface area contributed by atoms with Gasteiger partial charge in [0, 0.05) is 10.6 Å². The van der Waals surface area contributed by atoms with E-state index >= 15 is 0 Å². The van der Waals surface area contributed by atoms with Gasteiger partial charge in [0.15, 0.2) is 5.82 Å². The Bertz CT molecular complexity index is 750. The maximum atomic E-state index is 6.03. The minimum absolute atomic E-state index is 0.650. The van der Waals surface area contributed by atoms with E-state index in [2.05, 4.69) is 4.98 Å². The van der Waals surface area contributed by atoms with Crippen LogP contribution in [0.3, 0.4) is 0 Å². The lowest BCUT2D eigenvalue weighted by Gasteiger charge is -2.07. The van der Waals surface area contributed by atoms with Crippen molar-refractivity contribution < 1.29 is 9.57 Å². The molecule has 102 valence electrons. The maximum absolute atomic E-state index is 6.03. The molecule has 3 rings (SSSR count). The number of halogens is 1. The van der Waals surface area contributed by atoms with Crippen molar-refractivity contribution in [2.24, 2.45) is 0 Å². The van der Waals surface area contributed by atoms with Gasteiger partial charge in [-0.05, 0) is 42.5 Å². The van der Waals surface area contributed by atoms with Crippen LogP contribution in [0.5, 0.6) is 5.75 Å². The van der Waals surface area contributed by atoms with Gasteiger partial charge >= 0.3 is 0 Å². The SMILES string of the molecule is COc1ccc(-c2nc3ccc(Cl)cc3n2OC)cc1. The third-order valence-electron chi connectivity index (χ3n) is 3.11. The highest BCUT2D eigenvalue weighted by molar-refractivity contribution is 6.31. The number of ether oxygens (including phenoxy) is 1. The minimum atomic E-state index is 0.650. The molecule has 0 saturated carbocycles.